The van der Waals surface area contributed by atoms with E-state index in [1.54, 1.807) is 19.2 Å². The predicted molar refractivity (Wildman–Crippen MR) is 102 cm³/mol. The lowest BCUT2D eigenvalue weighted by Crippen LogP contribution is -2.19. The van der Waals surface area contributed by atoms with Crippen LogP contribution in [-0.4, -0.2) is 27.0 Å². The van der Waals surface area contributed by atoms with Crippen molar-refractivity contribution in [3.8, 4) is 0 Å². The summed E-state index contributed by atoms with van der Waals surface area (Å²) in [7, 11) is 1.66. The van der Waals surface area contributed by atoms with Crippen molar-refractivity contribution >= 4 is 56.3 Å². The summed E-state index contributed by atoms with van der Waals surface area (Å²) in [6.07, 6.45) is 0. The second kappa shape index (κ2) is 7.51. The number of rotatable bonds is 6. The molecule has 0 saturated carbocycles. The van der Waals surface area contributed by atoms with Crippen LogP contribution in [0.25, 0.3) is 10.2 Å². The Balaban J connectivity index is 1.69. The van der Waals surface area contributed by atoms with Crippen molar-refractivity contribution in [2.24, 2.45) is 7.05 Å². The van der Waals surface area contributed by atoms with Gasteiger partial charge in [0.05, 0.1) is 22.6 Å². The van der Waals surface area contributed by atoms with Gasteiger partial charge in [0.25, 0.3) is 5.56 Å². The minimum atomic E-state index is -0.104. The van der Waals surface area contributed by atoms with E-state index in [1.165, 1.54) is 45.9 Å². The Morgan fingerprint density at radius 1 is 1.32 bits per heavy atom. The molecule has 6 nitrogen and oxygen atoms in total. The van der Waals surface area contributed by atoms with Gasteiger partial charge in [0.2, 0.25) is 5.91 Å². The van der Waals surface area contributed by atoms with E-state index in [0.29, 0.717) is 26.8 Å². The Labute approximate surface area is 155 Å². The molecule has 25 heavy (non-hydrogen) atoms. The highest BCUT2D eigenvalue weighted by atomic mass is 32.2. The number of carbonyl (C=O) groups excluding carboxylic acids is 2. The highest BCUT2D eigenvalue weighted by molar-refractivity contribution is 7.99. The third kappa shape index (κ3) is 4.00. The number of aromatic nitrogens is 2. The van der Waals surface area contributed by atoms with E-state index in [4.69, 9.17) is 0 Å². The zero-order valence-corrected chi connectivity index (χ0v) is 16.0. The van der Waals surface area contributed by atoms with Gasteiger partial charge in [-0.2, -0.15) is 0 Å². The highest BCUT2D eigenvalue weighted by Crippen LogP contribution is 2.23. The van der Waals surface area contributed by atoms with Gasteiger partial charge < -0.3 is 5.32 Å². The quantitative estimate of drug-likeness (QED) is 0.396. The average Bonchev–Trinajstić information content (AvgIpc) is 3.23. The zero-order chi connectivity index (χ0) is 18.0. The van der Waals surface area contributed by atoms with Crippen LogP contribution in [0.1, 0.15) is 21.5 Å². The van der Waals surface area contributed by atoms with Gasteiger partial charge in [-0.05, 0) is 23.6 Å². The number of hydrogen-bond acceptors (Lipinski definition) is 7. The van der Waals surface area contributed by atoms with Crippen molar-refractivity contribution in [1.29, 1.82) is 0 Å². The van der Waals surface area contributed by atoms with Gasteiger partial charge in [0.1, 0.15) is 4.83 Å². The second-order valence-electron chi connectivity index (χ2n) is 5.29. The average molecular weight is 394 g/mol. The maximum Gasteiger partial charge on any atom is 0.262 e. The lowest BCUT2D eigenvalue weighted by Gasteiger charge is -2.06. The fraction of sp³-hybridized carbons (Fsp3) is 0.250. The minimum Gasteiger partial charge on any atom is -0.351 e. The van der Waals surface area contributed by atoms with Gasteiger partial charge >= 0.3 is 0 Å². The van der Waals surface area contributed by atoms with Gasteiger partial charge in [0.15, 0.2) is 10.9 Å². The number of amides is 1. The lowest BCUT2D eigenvalue weighted by atomic mass is 10.3. The van der Waals surface area contributed by atoms with Crippen LogP contribution >= 0.6 is 34.4 Å². The topological polar surface area (TPSA) is 81.1 Å². The molecule has 0 fully saturated rings. The second-order valence-corrected chi connectivity index (χ2v) is 8.29. The Morgan fingerprint density at radius 2 is 2.12 bits per heavy atom. The van der Waals surface area contributed by atoms with Crippen LogP contribution in [0.15, 0.2) is 33.5 Å². The molecular weight excluding hydrogens is 378 g/mol. The SMILES string of the molecule is CC(=O)NCc1ccc(C(=O)CSc2nc3sccc3c(=O)n2C)s1. The van der Waals surface area contributed by atoms with E-state index in [0.717, 1.165) is 4.88 Å². The molecule has 130 valence electrons. The van der Waals surface area contributed by atoms with E-state index in [1.807, 2.05) is 11.4 Å². The Bertz CT molecular complexity index is 1000. The molecule has 3 heterocycles. The third-order valence-electron chi connectivity index (χ3n) is 3.44. The number of hydrogen-bond donors (Lipinski definition) is 1. The lowest BCUT2D eigenvalue weighted by molar-refractivity contribution is -0.119. The first-order valence-electron chi connectivity index (χ1n) is 7.39. The number of carbonyl (C=O) groups is 2. The molecule has 0 aliphatic rings. The molecule has 0 atom stereocenters. The molecule has 0 aliphatic carbocycles. The van der Waals surface area contributed by atoms with Crippen LogP contribution < -0.4 is 10.9 Å². The van der Waals surface area contributed by atoms with Crippen LogP contribution in [0.2, 0.25) is 0 Å². The number of thiophene rings is 2. The van der Waals surface area contributed by atoms with E-state index in [9.17, 15) is 14.4 Å². The normalized spacial score (nSPS) is 11.0. The van der Waals surface area contributed by atoms with Crippen LogP contribution in [0, 0.1) is 0 Å². The summed E-state index contributed by atoms with van der Waals surface area (Å²) in [5.41, 5.74) is -0.102. The Hall–Kier alpha value is -1.97. The van der Waals surface area contributed by atoms with Gasteiger partial charge in [-0.1, -0.05) is 11.8 Å². The molecule has 1 amide bonds. The predicted octanol–water partition coefficient (Wildman–Crippen LogP) is 2.67. The minimum absolute atomic E-state index is 0.0235. The first-order chi connectivity index (χ1) is 12.0. The Kier molecular flexibility index (Phi) is 5.36. The molecule has 3 aromatic heterocycles. The molecule has 0 radical (unpaired) electrons. The monoisotopic (exact) mass is 393 g/mol. The van der Waals surface area contributed by atoms with E-state index >= 15 is 0 Å². The molecule has 3 rings (SSSR count). The van der Waals surface area contributed by atoms with E-state index < -0.39 is 0 Å². The molecule has 0 saturated heterocycles. The maximum atomic E-state index is 12.4. The van der Waals surface area contributed by atoms with Crippen molar-refractivity contribution in [1.82, 2.24) is 14.9 Å². The molecule has 0 aliphatic heterocycles. The molecule has 1 N–H and O–H groups in total. The molecule has 0 bridgehead atoms. The molecule has 0 aromatic carbocycles. The van der Waals surface area contributed by atoms with Crippen molar-refractivity contribution < 1.29 is 9.59 Å². The first kappa shape index (κ1) is 17.8. The van der Waals surface area contributed by atoms with Gasteiger partial charge in [-0.3, -0.25) is 19.0 Å². The first-order valence-corrected chi connectivity index (χ1v) is 10.1. The molecular formula is C16H15N3O3S3. The van der Waals surface area contributed by atoms with Crippen LogP contribution in [0.5, 0.6) is 0 Å². The van der Waals surface area contributed by atoms with Gasteiger partial charge in [0, 0.05) is 18.8 Å². The Morgan fingerprint density at radius 3 is 2.88 bits per heavy atom. The largest absolute Gasteiger partial charge is 0.351 e. The summed E-state index contributed by atoms with van der Waals surface area (Å²) < 4.78 is 1.48. The number of ketones is 1. The van der Waals surface area contributed by atoms with Crippen molar-refractivity contribution in [2.75, 3.05) is 5.75 Å². The van der Waals surface area contributed by atoms with Gasteiger partial charge in [-0.25, -0.2) is 4.98 Å². The summed E-state index contributed by atoms with van der Waals surface area (Å²) in [5.74, 6) is 0.0782. The number of thioether (sulfide) groups is 1. The molecule has 0 spiro atoms. The summed E-state index contributed by atoms with van der Waals surface area (Å²) >= 11 is 4.03. The molecule has 9 heteroatoms. The fourth-order valence-electron chi connectivity index (χ4n) is 2.14. The number of Topliss-reactive ketones (excluding diaryl/α,β-unsaturated/α-hetero) is 1. The summed E-state index contributed by atoms with van der Waals surface area (Å²) in [4.78, 5) is 42.3. The fourth-order valence-corrected chi connectivity index (χ4v) is 4.78. The summed E-state index contributed by atoms with van der Waals surface area (Å²) in [6, 6.07) is 5.36. The van der Waals surface area contributed by atoms with Crippen molar-refractivity contribution in [3.63, 3.8) is 0 Å². The zero-order valence-electron chi connectivity index (χ0n) is 13.6. The summed E-state index contributed by atoms with van der Waals surface area (Å²) in [6.45, 7) is 1.88. The van der Waals surface area contributed by atoms with Crippen LogP contribution in [-0.2, 0) is 18.4 Å². The third-order valence-corrected chi connectivity index (χ3v) is 6.41. The molecule has 3 aromatic rings. The van der Waals surface area contributed by atoms with E-state index in [2.05, 4.69) is 10.3 Å². The van der Waals surface area contributed by atoms with Gasteiger partial charge in [-0.15, -0.1) is 22.7 Å². The van der Waals surface area contributed by atoms with Crippen LogP contribution in [0.3, 0.4) is 0 Å². The maximum absolute atomic E-state index is 12.4. The number of nitrogens with zero attached hydrogens (tertiary/aromatic N) is 2. The van der Waals surface area contributed by atoms with Crippen molar-refractivity contribution in [2.45, 2.75) is 18.6 Å². The van der Waals surface area contributed by atoms with E-state index in [-0.39, 0.29) is 23.0 Å². The number of nitrogens with one attached hydrogen (secondary N) is 1. The highest BCUT2D eigenvalue weighted by Gasteiger charge is 2.14. The summed E-state index contributed by atoms with van der Waals surface area (Å²) in [5, 5.41) is 5.67. The number of fused-ring (bicyclic) bond motifs is 1. The van der Waals surface area contributed by atoms with Crippen molar-refractivity contribution in [3.05, 3.63) is 43.7 Å². The van der Waals surface area contributed by atoms with Crippen LogP contribution in [0.4, 0.5) is 0 Å². The smallest absolute Gasteiger partial charge is 0.262 e. The molecule has 0 unspecified atom stereocenters. The standard InChI is InChI=1S/C16H15N3O3S3/c1-9(20)17-7-10-3-4-13(25-10)12(21)8-24-16-18-14-11(5-6-23-14)15(22)19(16)2/h3-6H,7-8H2,1-2H3,(H,17,20).